The number of halogens is 1. The van der Waals surface area contributed by atoms with Crippen LogP contribution in [0.15, 0.2) is 39.2 Å². The van der Waals surface area contributed by atoms with Gasteiger partial charge in [-0.25, -0.2) is 0 Å². The van der Waals surface area contributed by atoms with Crippen LogP contribution in [0.3, 0.4) is 0 Å². The number of nitrogens with two attached hydrogens (primary N) is 1. The van der Waals surface area contributed by atoms with Crippen molar-refractivity contribution in [3.05, 3.63) is 57.5 Å². The monoisotopic (exact) mass is 293 g/mol. The first-order chi connectivity index (χ1) is 8.06. The average Bonchev–Trinajstić information content (AvgIpc) is 2.58. The second-order valence-electron chi connectivity index (χ2n) is 4.31. The zero-order chi connectivity index (χ0) is 12.4. The minimum absolute atomic E-state index is 0.0123. The van der Waals surface area contributed by atoms with Gasteiger partial charge in [-0.3, -0.25) is 0 Å². The molecule has 2 N–H and O–H groups in total. The fourth-order valence-corrected chi connectivity index (χ4v) is 2.49. The van der Waals surface area contributed by atoms with Gasteiger partial charge in [0, 0.05) is 16.1 Å². The molecule has 1 aromatic carbocycles. The van der Waals surface area contributed by atoms with E-state index in [9.17, 15) is 0 Å². The summed E-state index contributed by atoms with van der Waals surface area (Å²) >= 11 is 3.47. The van der Waals surface area contributed by atoms with E-state index in [1.54, 1.807) is 0 Å². The predicted molar refractivity (Wildman–Crippen MR) is 73.0 cm³/mol. The normalized spacial score (nSPS) is 12.7. The molecule has 90 valence electrons. The first-order valence-electron chi connectivity index (χ1n) is 5.63. The highest BCUT2D eigenvalue weighted by molar-refractivity contribution is 9.10. The zero-order valence-corrected chi connectivity index (χ0v) is 11.6. The average molecular weight is 294 g/mol. The summed E-state index contributed by atoms with van der Waals surface area (Å²) in [5, 5.41) is 0. The first-order valence-corrected chi connectivity index (χ1v) is 6.42. The summed E-state index contributed by atoms with van der Waals surface area (Å²) in [5.41, 5.74) is 8.54. The van der Waals surface area contributed by atoms with Crippen molar-refractivity contribution in [2.45, 2.75) is 26.3 Å². The number of benzene rings is 1. The lowest BCUT2D eigenvalue weighted by Gasteiger charge is -2.10. The lowest BCUT2D eigenvalue weighted by molar-refractivity contribution is 0.497. The van der Waals surface area contributed by atoms with Crippen LogP contribution >= 0.6 is 15.9 Å². The van der Waals surface area contributed by atoms with Gasteiger partial charge >= 0.3 is 0 Å². The summed E-state index contributed by atoms with van der Waals surface area (Å²) in [5.74, 6) is 1.84. The number of aryl methyl sites for hydroxylation is 2. The van der Waals surface area contributed by atoms with Crippen molar-refractivity contribution < 1.29 is 4.42 Å². The van der Waals surface area contributed by atoms with Crippen molar-refractivity contribution in [1.29, 1.82) is 0 Å². The highest BCUT2D eigenvalue weighted by Gasteiger charge is 2.13. The summed E-state index contributed by atoms with van der Waals surface area (Å²) in [7, 11) is 0. The van der Waals surface area contributed by atoms with E-state index in [0.29, 0.717) is 0 Å². The van der Waals surface area contributed by atoms with Gasteiger partial charge < -0.3 is 10.2 Å². The topological polar surface area (TPSA) is 39.2 Å². The van der Waals surface area contributed by atoms with Crippen LogP contribution in [-0.4, -0.2) is 0 Å². The molecule has 2 rings (SSSR count). The summed E-state index contributed by atoms with van der Waals surface area (Å²) in [6, 6.07) is 10.2. The molecular weight excluding hydrogens is 278 g/mol. The van der Waals surface area contributed by atoms with Crippen molar-refractivity contribution in [3.8, 4) is 0 Å². The van der Waals surface area contributed by atoms with E-state index in [4.69, 9.17) is 10.2 Å². The molecule has 0 bridgehead atoms. The van der Waals surface area contributed by atoms with Crippen LogP contribution in [-0.2, 0) is 6.42 Å². The van der Waals surface area contributed by atoms with E-state index in [-0.39, 0.29) is 6.04 Å². The Morgan fingerprint density at radius 1 is 1.29 bits per heavy atom. The second-order valence-corrected chi connectivity index (χ2v) is 5.22. The summed E-state index contributed by atoms with van der Waals surface area (Å²) in [4.78, 5) is 0. The van der Waals surface area contributed by atoms with E-state index in [0.717, 1.165) is 28.0 Å². The maximum absolute atomic E-state index is 6.22. The van der Waals surface area contributed by atoms with Gasteiger partial charge in [-0.15, -0.1) is 0 Å². The largest absolute Gasteiger partial charge is 0.466 e. The molecule has 0 aliphatic heterocycles. The zero-order valence-electron chi connectivity index (χ0n) is 10.0. The van der Waals surface area contributed by atoms with Gasteiger partial charge in [0.05, 0.1) is 0 Å². The lowest BCUT2D eigenvalue weighted by Crippen LogP contribution is -2.13. The van der Waals surface area contributed by atoms with Crippen molar-refractivity contribution in [2.75, 3.05) is 0 Å². The molecule has 0 fully saturated rings. The van der Waals surface area contributed by atoms with Crippen molar-refractivity contribution >= 4 is 15.9 Å². The van der Waals surface area contributed by atoms with Crippen LogP contribution in [0.4, 0.5) is 0 Å². The number of hydrogen-bond donors (Lipinski definition) is 1. The molecule has 0 amide bonds. The molecule has 2 nitrogen and oxygen atoms in total. The Morgan fingerprint density at radius 2 is 2.06 bits per heavy atom. The highest BCUT2D eigenvalue weighted by atomic mass is 79.9. The standard InChI is InChI=1S/C14H16BrNO/c1-9-6-13(10(2)17-9)14(16)8-11-4-3-5-12(15)7-11/h3-7,14H,8,16H2,1-2H3. The third-order valence-corrected chi connectivity index (χ3v) is 3.32. The minimum Gasteiger partial charge on any atom is -0.466 e. The number of furan rings is 1. The molecule has 0 aliphatic carbocycles. The van der Waals surface area contributed by atoms with Crippen molar-refractivity contribution in [2.24, 2.45) is 5.73 Å². The molecule has 0 saturated carbocycles. The molecule has 0 aliphatic rings. The molecule has 0 spiro atoms. The SMILES string of the molecule is Cc1cc(C(N)Cc2cccc(Br)c2)c(C)o1. The highest BCUT2D eigenvalue weighted by Crippen LogP contribution is 2.23. The van der Waals surface area contributed by atoms with Crippen molar-refractivity contribution in [3.63, 3.8) is 0 Å². The van der Waals surface area contributed by atoms with Crippen LogP contribution in [0.25, 0.3) is 0 Å². The molecule has 0 saturated heterocycles. The van der Waals surface area contributed by atoms with Gasteiger partial charge in [-0.1, -0.05) is 28.1 Å². The maximum atomic E-state index is 6.22. The lowest BCUT2D eigenvalue weighted by atomic mass is 10.00. The first kappa shape index (κ1) is 12.4. The summed E-state index contributed by atoms with van der Waals surface area (Å²) in [6.45, 7) is 3.91. The Morgan fingerprint density at radius 3 is 2.65 bits per heavy atom. The van der Waals surface area contributed by atoms with Gasteiger partial charge in [0.1, 0.15) is 11.5 Å². The van der Waals surface area contributed by atoms with Gasteiger partial charge in [0.25, 0.3) is 0 Å². The molecule has 1 atom stereocenters. The van der Waals surface area contributed by atoms with E-state index < -0.39 is 0 Å². The Kier molecular flexibility index (Phi) is 3.69. The molecule has 1 unspecified atom stereocenters. The van der Waals surface area contributed by atoms with E-state index >= 15 is 0 Å². The smallest absolute Gasteiger partial charge is 0.105 e. The second kappa shape index (κ2) is 5.07. The van der Waals surface area contributed by atoms with Gasteiger partial charge in [-0.2, -0.15) is 0 Å². The Balaban J connectivity index is 2.16. The Hall–Kier alpha value is -1.06. The number of hydrogen-bond acceptors (Lipinski definition) is 2. The fourth-order valence-electron chi connectivity index (χ4n) is 2.05. The van der Waals surface area contributed by atoms with Gasteiger partial charge in [0.15, 0.2) is 0 Å². The van der Waals surface area contributed by atoms with E-state index in [1.165, 1.54) is 5.56 Å². The minimum atomic E-state index is -0.0123. The molecule has 0 radical (unpaired) electrons. The third kappa shape index (κ3) is 2.99. The molecule has 1 heterocycles. The number of rotatable bonds is 3. The Bertz CT molecular complexity index is 519. The van der Waals surface area contributed by atoms with Crippen LogP contribution in [0, 0.1) is 13.8 Å². The van der Waals surface area contributed by atoms with E-state index in [1.807, 2.05) is 32.0 Å². The molecule has 1 aromatic heterocycles. The maximum Gasteiger partial charge on any atom is 0.105 e. The Labute approximate surface area is 110 Å². The third-order valence-electron chi connectivity index (χ3n) is 2.82. The quantitative estimate of drug-likeness (QED) is 0.932. The molecular formula is C14H16BrNO. The molecule has 3 heteroatoms. The van der Waals surface area contributed by atoms with Crippen molar-refractivity contribution in [1.82, 2.24) is 0 Å². The summed E-state index contributed by atoms with van der Waals surface area (Å²) < 4.78 is 6.59. The van der Waals surface area contributed by atoms with Gasteiger partial charge in [0.2, 0.25) is 0 Å². The van der Waals surface area contributed by atoms with Crippen LogP contribution in [0.1, 0.15) is 28.7 Å². The van der Waals surface area contributed by atoms with Crippen LogP contribution in [0.5, 0.6) is 0 Å². The van der Waals surface area contributed by atoms with Crippen LogP contribution in [0.2, 0.25) is 0 Å². The summed E-state index contributed by atoms with van der Waals surface area (Å²) in [6.07, 6.45) is 0.819. The fraction of sp³-hybridized carbons (Fsp3) is 0.286. The molecule has 2 aromatic rings. The van der Waals surface area contributed by atoms with Crippen LogP contribution < -0.4 is 5.73 Å². The van der Waals surface area contributed by atoms with E-state index in [2.05, 4.69) is 28.1 Å². The predicted octanol–water partition coefficient (Wildman–Crippen LogP) is 3.90. The molecule has 17 heavy (non-hydrogen) atoms. The van der Waals surface area contributed by atoms with Gasteiger partial charge in [-0.05, 0) is 44.0 Å².